The standard InChI is InChI=1S/C21H26ClNO2/c1-6-19(17-8-7-13(2)14(3)9-17)23-20(24)12-25-18-10-15(4)21(22)16(5)11-18/h7-11,19H,6,12H2,1-5H3,(H,23,24). The lowest BCUT2D eigenvalue weighted by molar-refractivity contribution is -0.123. The molecule has 134 valence electrons. The van der Waals surface area contributed by atoms with E-state index in [1.807, 2.05) is 26.0 Å². The molecule has 3 nitrogen and oxygen atoms in total. The Morgan fingerprint density at radius 1 is 1.04 bits per heavy atom. The summed E-state index contributed by atoms with van der Waals surface area (Å²) in [6.45, 7) is 10.1. The van der Waals surface area contributed by atoms with Gasteiger partial charge in [-0.15, -0.1) is 0 Å². The highest BCUT2D eigenvalue weighted by molar-refractivity contribution is 6.32. The zero-order valence-corrected chi connectivity index (χ0v) is 16.3. The topological polar surface area (TPSA) is 38.3 Å². The summed E-state index contributed by atoms with van der Waals surface area (Å²) >= 11 is 6.16. The molecule has 0 saturated carbocycles. The van der Waals surface area contributed by atoms with Gasteiger partial charge in [0.1, 0.15) is 5.75 Å². The van der Waals surface area contributed by atoms with Gasteiger partial charge < -0.3 is 10.1 Å². The van der Waals surface area contributed by atoms with Gasteiger partial charge in [-0.05, 0) is 74.1 Å². The van der Waals surface area contributed by atoms with Crippen LogP contribution in [0.2, 0.25) is 5.02 Å². The number of rotatable bonds is 6. The third kappa shape index (κ3) is 4.99. The summed E-state index contributed by atoms with van der Waals surface area (Å²) in [7, 11) is 0. The number of hydrogen-bond acceptors (Lipinski definition) is 2. The molecule has 1 unspecified atom stereocenters. The van der Waals surface area contributed by atoms with Crippen LogP contribution in [-0.2, 0) is 4.79 Å². The molecule has 0 heterocycles. The number of hydrogen-bond donors (Lipinski definition) is 1. The molecule has 0 fully saturated rings. The Hall–Kier alpha value is -2.00. The van der Waals surface area contributed by atoms with Crippen molar-refractivity contribution in [3.05, 3.63) is 63.2 Å². The molecular formula is C21H26ClNO2. The maximum atomic E-state index is 12.3. The summed E-state index contributed by atoms with van der Waals surface area (Å²) in [6, 6.07) is 9.99. The van der Waals surface area contributed by atoms with E-state index in [1.54, 1.807) is 0 Å². The highest BCUT2D eigenvalue weighted by Gasteiger charge is 2.14. The van der Waals surface area contributed by atoms with Crippen LogP contribution in [0.5, 0.6) is 5.75 Å². The molecule has 0 radical (unpaired) electrons. The number of amides is 1. The van der Waals surface area contributed by atoms with E-state index < -0.39 is 0 Å². The van der Waals surface area contributed by atoms with E-state index in [9.17, 15) is 4.79 Å². The molecule has 2 aromatic rings. The number of benzene rings is 2. The van der Waals surface area contributed by atoms with Crippen LogP contribution in [0.3, 0.4) is 0 Å². The maximum absolute atomic E-state index is 12.3. The average Bonchev–Trinajstić information content (AvgIpc) is 2.58. The SMILES string of the molecule is CCC(NC(=O)COc1cc(C)c(Cl)c(C)c1)c1ccc(C)c(C)c1. The second-order valence-electron chi connectivity index (χ2n) is 6.53. The fraction of sp³-hybridized carbons (Fsp3) is 0.381. The summed E-state index contributed by atoms with van der Waals surface area (Å²) in [6.07, 6.45) is 0.827. The molecule has 1 N–H and O–H groups in total. The minimum absolute atomic E-state index is 0.0101. The molecule has 1 atom stereocenters. The molecule has 1 amide bonds. The highest BCUT2D eigenvalue weighted by atomic mass is 35.5. The van der Waals surface area contributed by atoms with Gasteiger partial charge in [-0.1, -0.05) is 36.7 Å². The van der Waals surface area contributed by atoms with Crippen LogP contribution in [-0.4, -0.2) is 12.5 Å². The molecule has 2 aromatic carbocycles. The Bertz CT molecular complexity index is 747. The van der Waals surface area contributed by atoms with Gasteiger partial charge in [0, 0.05) is 5.02 Å². The Morgan fingerprint density at radius 2 is 1.68 bits per heavy atom. The van der Waals surface area contributed by atoms with Gasteiger partial charge in [0.15, 0.2) is 6.61 Å². The van der Waals surface area contributed by atoms with E-state index in [2.05, 4.69) is 44.3 Å². The zero-order chi connectivity index (χ0) is 18.6. The Morgan fingerprint density at radius 3 is 2.24 bits per heavy atom. The predicted octanol–water partition coefficient (Wildman–Crippen LogP) is 5.22. The first-order valence-electron chi connectivity index (χ1n) is 8.57. The van der Waals surface area contributed by atoms with Crippen molar-refractivity contribution in [1.82, 2.24) is 5.32 Å². The van der Waals surface area contributed by atoms with Crippen molar-refractivity contribution in [2.24, 2.45) is 0 Å². The quantitative estimate of drug-likeness (QED) is 0.767. The van der Waals surface area contributed by atoms with E-state index in [0.717, 1.165) is 28.1 Å². The second kappa shape index (κ2) is 8.39. The van der Waals surface area contributed by atoms with Crippen LogP contribution in [0.4, 0.5) is 0 Å². The lowest BCUT2D eigenvalue weighted by Gasteiger charge is -2.19. The molecule has 0 aliphatic carbocycles. The van der Waals surface area contributed by atoms with Crippen LogP contribution >= 0.6 is 11.6 Å². The molecule has 0 aliphatic rings. The molecule has 0 aliphatic heterocycles. The van der Waals surface area contributed by atoms with E-state index in [1.165, 1.54) is 11.1 Å². The van der Waals surface area contributed by atoms with Gasteiger partial charge in [-0.2, -0.15) is 0 Å². The minimum atomic E-state index is -0.129. The molecule has 0 bridgehead atoms. The lowest BCUT2D eigenvalue weighted by Crippen LogP contribution is -2.32. The van der Waals surface area contributed by atoms with Crippen LogP contribution in [0, 0.1) is 27.7 Å². The van der Waals surface area contributed by atoms with Gasteiger partial charge in [-0.3, -0.25) is 4.79 Å². The predicted molar refractivity (Wildman–Crippen MR) is 104 cm³/mol. The van der Waals surface area contributed by atoms with Crippen molar-refractivity contribution < 1.29 is 9.53 Å². The molecule has 0 aromatic heterocycles. The molecule has 4 heteroatoms. The van der Waals surface area contributed by atoms with Gasteiger partial charge in [-0.25, -0.2) is 0 Å². The summed E-state index contributed by atoms with van der Waals surface area (Å²) in [5.74, 6) is 0.532. The summed E-state index contributed by atoms with van der Waals surface area (Å²) in [5, 5.41) is 3.78. The monoisotopic (exact) mass is 359 g/mol. The summed E-state index contributed by atoms with van der Waals surface area (Å²) in [5.41, 5.74) is 5.49. The zero-order valence-electron chi connectivity index (χ0n) is 15.6. The van der Waals surface area contributed by atoms with Crippen molar-refractivity contribution >= 4 is 17.5 Å². The number of ether oxygens (including phenoxy) is 1. The van der Waals surface area contributed by atoms with Gasteiger partial charge in [0.25, 0.3) is 5.91 Å². The molecular weight excluding hydrogens is 334 g/mol. The normalized spacial score (nSPS) is 11.9. The fourth-order valence-corrected chi connectivity index (χ4v) is 2.89. The van der Waals surface area contributed by atoms with Crippen LogP contribution in [0.15, 0.2) is 30.3 Å². The third-order valence-electron chi connectivity index (χ3n) is 4.46. The Kier molecular flexibility index (Phi) is 6.49. The lowest BCUT2D eigenvalue weighted by atomic mass is 9.99. The largest absolute Gasteiger partial charge is 0.484 e. The van der Waals surface area contributed by atoms with Crippen molar-refractivity contribution in [2.75, 3.05) is 6.61 Å². The maximum Gasteiger partial charge on any atom is 0.258 e. The first-order chi connectivity index (χ1) is 11.8. The van der Waals surface area contributed by atoms with E-state index in [4.69, 9.17) is 16.3 Å². The van der Waals surface area contributed by atoms with E-state index in [-0.39, 0.29) is 18.6 Å². The van der Waals surface area contributed by atoms with E-state index in [0.29, 0.717) is 5.75 Å². The Balaban J connectivity index is 1.99. The van der Waals surface area contributed by atoms with Crippen molar-refractivity contribution in [2.45, 2.75) is 47.1 Å². The van der Waals surface area contributed by atoms with E-state index >= 15 is 0 Å². The van der Waals surface area contributed by atoms with Crippen LogP contribution < -0.4 is 10.1 Å². The van der Waals surface area contributed by atoms with Gasteiger partial charge >= 0.3 is 0 Å². The van der Waals surface area contributed by atoms with Gasteiger partial charge in [0.05, 0.1) is 6.04 Å². The summed E-state index contributed by atoms with van der Waals surface area (Å²) < 4.78 is 5.64. The number of carbonyl (C=O) groups excluding carboxylic acids is 1. The third-order valence-corrected chi connectivity index (χ3v) is 5.05. The molecule has 25 heavy (non-hydrogen) atoms. The number of nitrogens with one attached hydrogen (secondary N) is 1. The second-order valence-corrected chi connectivity index (χ2v) is 6.91. The smallest absolute Gasteiger partial charge is 0.258 e. The first-order valence-corrected chi connectivity index (χ1v) is 8.95. The van der Waals surface area contributed by atoms with Gasteiger partial charge in [0.2, 0.25) is 0 Å². The number of carbonyl (C=O) groups is 1. The Labute approximate surface area is 155 Å². The van der Waals surface area contributed by atoms with Crippen molar-refractivity contribution in [1.29, 1.82) is 0 Å². The number of halogens is 1. The molecule has 0 spiro atoms. The fourth-order valence-electron chi connectivity index (χ4n) is 2.78. The average molecular weight is 360 g/mol. The van der Waals surface area contributed by atoms with Crippen LogP contribution in [0.1, 0.15) is 47.2 Å². The van der Waals surface area contributed by atoms with Crippen LogP contribution in [0.25, 0.3) is 0 Å². The highest BCUT2D eigenvalue weighted by Crippen LogP contribution is 2.26. The summed E-state index contributed by atoms with van der Waals surface area (Å²) in [4.78, 5) is 12.3. The first kappa shape index (κ1) is 19.3. The number of aryl methyl sites for hydroxylation is 4. The minimum Gasteiger partial charge on any atom is -0.484 e. The molecule has 0 saturated heterocycles. The van der Waals surface area contributed by atoms with Crippen molar-refractivity contribution in [3.8, 4) is 5.75 Å². The van der Waals surface area contributed by atoms with Crippen molar-refractivity contribution in [3.63, 3.8) is 0 Å². The molecule has 2 rings (SSSR count).